The van der Waals surface area contributed by atoms with Gasteiger partial charge in [-0.05, 0) is 13.3 Å². The molecule has 0 aliphatic carbocycles. The van der Waals surface area contributed by atoms with Crippen molar-refractivity contribution in [2.45, 2.75) is 38.2 Å². The maximum atomic E-state index is 13.7. The van der Waals surface area contributed by atoms with Crippen molar-refractivity contribution in [2.24, 2.45) is 0 Å². The molecule has 0 bridgehead atoms. The number of benzene rings is 1. The molecule has 1 aromatic rings. The molecular formula is C16H14Cl2F3N3O4S. The Labute approximate surface area is 177 Å². The third kappa shape index (κ3) is 4.96. The number of nitrogens with zero attached hydrogens (tertiary/aromatic N) is 2. The molecule has 2 amide bonds. The lowest BCUT2D eigenvalue weighted by atomic mass is 10.2. The van der Waals surface area contributed by atoms with Crippen molar-refractivity contribution >= 4 is 58.2 Å². The van der Waals surface area contributed by atoms with Crippen molar-refractivity contribution in [3.8, 4) is 0 Å². The molecule has 0 saturated heterocycles. The van der Waals surface area contributed by atoms with Gasteiger partial charge in [0.25, 0.3) is 11.6 Å². The minimum Gasteiger partial charge on any atom is -0.319 e. The van der Waals surface area contributed by atoms with Gasteiger partial charge in [0.2, 0.25) is 5.91 Å². The number of nitro groups is 1. The second-order valence-corrected chi connectivity index (χ2v) is 8.04. The molecule has 1 atom stereocenters. The van der Waals surface area contributed by atoms with E-state index in [4.69, 9.17) is 23.2 Å². The third-order valence-electron chi connectivity index (χ3n) is 3.79. The second kappa shape index (κ2) is 8.80. The smallest absolute Gasteiger partial charge is 0.319 e. The highest BCUT2D eigenvalue weighted by molar-refractivity contribution is 8.04. The SMILES string of the molecule is CCCC(=O)N1C(C(F)(F)F)=C(C(=O)Nc2c(Cl)cc([N+](=O)[O-])cc2Cl)SC1C. The number of thioether (sulfide) groups is 1. The summed E-state index contributed by atoms with van der Waals surface area (Å²) < 4.78 is 41.0. The number of non-ortho nitro benzene ring substituents is 1. The Kier molecular flexibility index (Phi) is 7.07. The summed E-state index contributed by atoms with van der Waals surface area (Å²) in [7, 11) is 0. The number of anilines is 1. The maximum Gasteiger partial charge on any atom is 0.432 e. The molecule has 13 heteroatoms. The van der Waals surface area contributed by atoms with E-state index in [0.717, 1.165) is 12.1 Å². The monoisotopic (exact) mass is 471 g/mol. The van der Waals surface area contributed by atoms with Crippen LogP contribution in [-0.2, 0) is 9.59 Å². The first-order valence-electron chi connectivity index (χ1n) is 8.13. The fourth-order valence-electron chi connectivity index (χ4n) is 2.61. The number of carbonyl (C=O) groups excluding carboxylic acids is 2. The third-order valence-corrected chi connectivity index (χ3v) is 5.55. The lowest BCUT2D eigenvalue weighted by Gasteiger charge is -2.25. The molecule has 1 aliphatic heterocycles. The van der Waals surface area contributed by atoms with E-state index >= 15 is 0 Å². The highest BCUT2D eigenvalue weighted by Crippen LogP contribution is 2.46. The first-order valence-corrected chi connectivity index (χ1v) is 9.77. The summed E-state index contributed by atoms with van der Waals surface area (Å²) in [5.41, 5.74) is -2.09. The van der Waals surface area contributed by atoms with E-state index in [1.54, 1.807) is 6.92 Å². The van der Waals surface area contributed by atoms with Crippen LogP contribution in [0.1, 0.15) is 26.7 Å². The fraction of sp³-hybridized carbons (Fsp3) is 0.375. The standard InChI is InChI=1S/C16H14Cl2F3N3O4S/c1-3-4-11(25)23-7(2)29-13(14(23)16(19,20)21)15(26)22-12-9(17)5-8(24(27)28)6-10(12)18/h5-7H,3-4H2,1-2H3,(H,22,26). The van der Waals surface area contributed by atoms with Crippen molar-refractivity contribution in [2.75, 3.05) is 5.32 Å². The first-order chi connectivity index (χ1) is 13.4. The van der Waals surface area contributed by atoms with E-state index in [9.17, 15) is 32.9 Å². The van der Waals surface area contributed by atoms with E-state index in [1.165, 1.54) is 6.92 Å². The highest BCUT2D eigenvalue weighted by Gasteiger charge is 2.50. The van der Waals surface area contributed by atoms with E-state index < -0.39 is 44.6 Å². The van der Waals surface area contributed by atoms with Gasteiger partial charge in [0.1, 0.15) is 10.6 Å². The van der Waals surface area contributed by atoms with E-state index in [0.29, 0.717) is 23.1 Å². The van der Waals surface area contributed by atoms with Gasteiger partial charge in [-0.3, -0.25) is 24.6 Å². The van der Waals surface area contributed by atoms with Crippen LogP contribution in [0.4, 0.5) is 24.5 Å². The van der Waals surface area contributed by atoms with Crippen LogP contribution in [0.25, 0.3) is 0 Å². The number of nitrogens with one attached hydrogen (secondary N) is 1. The Bertz CT molecular complexity index is 885. The van der Waals surface area contributed by atoms with Crippen LogP contribution >= 0.6 is 35.0 Å². The Morgan fingerprint density at radius 1 is 1.31 bits per heavy atom. The second-order valence-electron chi connectivity index (χ2n) is 5.90. The molecule has 1 aromatic carbocycles. The van der Waals surface area contributed by atoms with Gasteiger partial charge in [-0.1, -0.05) is 41.9 Å². The zero-order valence-corrected chi connectivity index (χ0v) is 17.3. The van der Waals surface area contributed by atoms with E-state index in [2.05, 4.69) is 5.32 Å². The predicted molar refractivity (Wildman–Crippen MR) is 104 cm³/mol. The summed E-state index contributed by atoms with van der Waals surface area (Å²) in [6.45, 7) is 3.02. The molecule has 0 fully saturated rings. The number of hydrogen-bond acceptors (Lipinski definition) is 5. The lowest BCUT2D eigenvalue weighted by molar-refractivity contribution is -0.384. The molecular weight excluding hydrogens is 458 g/mol. The zero-order valence-electron chi connectivity index (χ0n) is 15.0. The number of carbonyl (C=O) groups is 2. The fourth-order valence-corrected chi connectivity index (χ4v) is 4.34. The van der Waals surface area contributed by atoms with Gasteiger partial charge >= 0.3 is 6.18 Å². The number of hydrogen-bond donors (Lipinski definition) is 1. The molecule has 1 aliphatic rings. The van der Waals surface area contributed by atoms with Crippen LogP contribution in [-0.4, -0.2) is 33.2 Å². The van der Waals surface area contributed by atoms with Gasteiger partial charge in [0, 0.05) is 18.6 Å². The van der Waals surface area contributed by atoms with Gasteiger partial charge in [-0.15, -0.1) is 0 Å². The number of alkyl halides is 3. The molecule has 0 saturated carbocycles. The van der Waals surface area contributed by atoms with Gasteiger partial charge in [-0.25, -0.2) is 0 Å². The van der Waals surface area contributed by atoms with Crippen LogP contribution in [0.3, 0.4) is 0 Å². The summed E-state index contributed by atoms with van der Waals surface area (Å²) in [6, 6.07) is 1.81. The molecule has 1 unspecified atom stereocenters. The largest absolute Gasteiger partial charge is 0.432 e. The number of nitro benzene ring substituents is 1. The van der Waals surface area contributed by atoms with Crippen molar-refractivity contribution < 1.29 is 27.7 Å². The van der Waals surface area contributed by atoms with E-state index in [-0.39, 0.29) is 22.2 Å². The number of amides is 2. The van der Waals surface area contributed by atoms with Crippen molar-refractivity contribution in [1.82, 2.24) is 4.90 Å². The molecule has 1 N–H and O–H groups in total. The van der Waals surface area contributed by atoms with Crippen LogP contribution in [0.2, 0.25) is 10.0 Å². The normalized spacial score (nSPS) is 16.9. The van der Waals surface area contributed by atoms with Crippen LogP contribution in [0.15, 0.2) is 22.7 Å². The minimum atomic E-state index is -4.96. The molecule has 0 spiro atoms. The molecule has 29 heavy (non-hydrogen) atoms. The molecule has 1 heterocycles. The average molecular weight is 472 g/mol. The van der Waals surface area contributed by atoms with Crippen molar-refractivity contribution in [3.05, 3.63) is 42.9 Å². The summed E-state index contributed by atoms with van der Waals surface area (Å²) in [4.78, 5) is 34.7. The highest BCUT2D eigenvalue weighted by atomic mass is 35.5. The van der Waals surface area contributed by atoms with Gasteiger partial charge in [0.05, 0.1) is 26.0 Å². The first kappa shape index (κ1) is 23.3. The van der Waals surface area contributed by atoms with Crippen LogP contribution in [0.5, 0.6) is 0 Å². The maximum absolute atomic E-state index is 13.7. The quantitative estimate of drug-likeness (QED) is 0.462. The Morgan fingerprint density at radius 2 is 1.86 bits per heavy atom. The van der Waals surface area contributed by atoms with Gasteiger partial charge < -0.3 is 5.32 Å². The van der Waals surface area contributed by atoms with Gasteiger partial charge in [-0.2, -0.15) is 13.2 Å². The van der Waals surface area contributed by atoms with E-state index in [1.807, 2.05) is 0 Å². The lowest BCUT2D eigenvalue weighted by Crippen LogP contribution is -2.38. The van der Waals surface area contributed by atoms with Crippen LogP contribution < -0.4 is 5.32 Å². The molecule has 0 radical (unpaired) electrons. The van der Waals surface area contributed by atoms with Crippen molar-refractivity contribution in [3.63, 3.8) is 0 Å². The summed E-state index contributed by atoms with van der Waals surface area (Å²) in [6.07, 6.45) is -4.73. The molecule has 0 aromatic heterocycles. The molecule has 2 rings (SSSR count). The van der Waals surface area contributed by atoms with Crippen molar-refractivity contribution in [1.29, 1.82) is 0 Å². The summed E-state index contributed by atoms with van der Waals surface area (Å²) >= 11 is 12.4. The molecule has 7 nitrogen and oxygen atoms in total. The Balaban J connectivity index is 2.46. The predicted octanol–water partition coefficient (Wildman–Crippen LogP) is 5.34. The minimum absolute atomic E-state index is 0.112. The topological polar surface area (TPSA) is 92.6 Å². The summed E-state index contributed by atoms with van der Waals surface area (Å²) in [5.74, 6) is -1.94. The zero-order chi connectivity index (χ0) is 22.1. The number of allylic oxidation sites excluding steroid dienone is 1. The summed E-state index contributed by atoms with van der Waals surface area (Å²) in [5, 5.41) is 11.4. The molecule has 158 valence electrons. The Hall–Kier alpha value is -1.98. The number of halogens is 5. The number of rotatable bonds is 5. The average Bonchev–Trinajstić information content (AvgIpc) is 2.95. The van der Waals surface area contributed by atoms with Gasteiger partial charge in [0.15, 0.2) is 0 Å². The van der Waals surface area contributed by atoms with Crippen LogP contribution in [0, 0.1) is 10.1 Å². The Morgan fingerprint density at radius 3 is 2.31 bits per heavy atom.